The zero-order valence-corrected chi connectivity index (χ0v) is 13.5. The standard InChI is InChI=1S/C16H18N2O3S/c1-10-6-11(2)8-13(7-10)21-9-15(19)17-18-16(20)14-5-4-12(3)22-14/h4-8H,9H2,1-3H3,(H,17,19)(H,18,20). The molecule has 5 nitrogen and oxygen atoms in total. The van der Waals surface area contributed by atoms with Crippen LogP contribution < -0.4 is 15.6 Å². The third-order valence-corrected chi connectivity index (χ3v) is 3.84. The van der Waals surface area contributed by atoms with Crippen molar-refractivity contribution in [1.82, 2.24) is 10.9 Å². The van der Waals surface area contributed by atoms with Gasteiger partial charge in [-0.25, -0.2) is 0 Å². The van der Waals surface area contributed by atoms with E-state index in [0.717, 1.165) is 16.0 Å². The Balaban J connectivity index is 1.79. The van der Waals surface area contributed by atoms with Gasteiger partial charge in [0, 0.05) is 4.88 Å². The molecular weight excluding hydrogens is 300 g/mol. The van der Waals surface area contributed by atoms with Crippen molar-refractivity contribution in [1.29, 1.82) is 0 Å². The fourth-order valence-corrected chi connectivity index (χ4v) is 2.71. The number of rotatable bonds is 4. The normalized spacial score (nSPS) is 10.1. The third kappa shape index (κ3) is 4.60. The average molecular weight is 318 g/mol. The van der Waals surface area contributed by atoms with Crippen molar-refractivity contribution in [2.24, 2.45) is 0 Å². The summed E-state index contributed by atoms with van der Waals surface area (Å²) in [6.07, 6.45) is 0. The van der Waals surface area contributed by atoms with E-state index in [4.69, 9.17) is 4.74 Å². The van der Waals surface area contributed by atoms with Gasteiger partial charge < -0.3 is 4.74 Å². The van der Waals surface area contributed by atoms with Crippen LogP contribution in [0.1, 0.15) is 25.7 Å². The molecule has 0 unspecified atom stereocenters. The van der Waals surface area contributed by atoms with Gasteiger partial charge in [0.2, 0.25) is 0 Å². The van der Waals surface area contributed by atoms with Crippen molar-refractivity contribution in [3.8, 4) is 5.75 Å². The van der Waals surface area contributed by atoms with E-state index < -0.39 is 5.91 Å². The molecule has 0 saturated heterocycles. The fraction of sp³-hybridized carbons (Fsp3) is 0.250. The van der Waals surface area contributed by atoms with Crippen LogP contribution in [0.15, 0.2) is 30.3 Å². The summed E-state index contributed by atoms with van der Waals surface area (Å²) in [6.45, 7) is 5.68. The molecule has 0 aliphatic rings. The highest BCUT2D eigenvalue weighted by atomic mass is 32.1. The molecule has 2 aromatic rings. The first-order valence-corrected chi connectivity index (χ1v) is 7.62. The van der Waals surface area contributed by atoms with Gasteiger partial charge in [0.1, 0.15) is 5.75 Å². The highest BCUT2D eigenvalue weighted by Gasteiger charge is 2.09. The number of carbonyl (C=O) groups is 2. The summed E-state index contributed by atoms with van der Waals surface area (Å²) in [7, 11) is 0. The van der Waals surface area contributed by atoms with Crippen molar-refractivity contribution < 1.29 is 14.3 Å². The van der Waals surface area contributed by atoms with Gasteiger partial charge in [-0.1, -0.05) is 6.07 Å². The van der Waals surface area contributed by atoms with E-state index in [0.29, 0.717) is 10.6 Å². The van der Waals surface area contributed by atoms with Gasteiger partial charge in [-0.2, -0.15) is 0 Å². The number of thiophene rings is 1. The first-order chi connectivity index (χ1) is 10.4. The summed E-state index contributed by atoms with van der Waals surface area (Å²) >= 11 is 1.37. The first-order valence-electron chi connectivity index (χ1n) is 6.81. The summed E-state index contributed by atoms with van der Waals surface area (Å²) in [6, 6.07) is 9.30. The molecule has 0 bridgehead atoms. The number of carbonyl (C=O) groups excluding carboxylic acids is 2. The van der Waals surface area contributed by atoms with Gasteiger partial charge in [-0.15, -0.1) is 11.3 Å². The van der Waals surface area contributed by atoms with Crippen LogP contribution in [-0.2, 0) is 4.79 Å². The van der Waals surface area contributed by atoms with Crippen LogP contribution in [0.5, 0.6) is 5.75 Å². The van der Waals surface area contributed by atoms with E-state index in [-0.39, 0.29) is 12.5 Å². The number of benzene rings is 1. The zero-order valence-electron chi connectivity index (χ0n) is 12.7. The maximum atomic E-state index is 11.8. The predicted octanol–water partition coefficient (Wildman–Crippen LogP) is 2.51. The lowest BCUT2D eigenvalue weighted by Crippen LogP contribution is -2.43. The average Bonchev–Trinajstić information content (AvgIpc) is 2.88. The molecule has 0 saturated carbocycles. The number of nitrogens with one attached hydrogen (secondary N) is 2. The number of ether oxygens (including phenoxy) is 1. The van der Waals surface area contributed by atoms with E-state index >= 15 is 0 Å². The Morgan fingerprint density at radius 1 is 1.05 bits per heavy atom. The molecule has 1 heterocycles. The lowest BCUT2D eigenvalue weighted by Gasteiger charge is -2.09. The van der Waals surface area contributed by atoms with Gasteiger partial charge in [0.25, 0.3) is 11.8 Å². The Kier molecular flexibility index (Phi) is 5.16. The molecule has 6 heteroatoms. The zero-order chi connectivity index (χ0) is 16.1. The second-order valence-corrected chi connectivity index (χ2v) is 6.31. The number of aryl methyl sites for hydroxylation is 3. The molecule has 2 amide bonds. The Bertz CT molecular complexity index is 674. The minimum absolute atomic E-state index is 0.160. The number of hydrogen-bond acceptors (Lipinski definition) is 4. The smallest absolute Gasteiger partial charge is 0.279 e. The van der Waals surface area contributed by atoms with Crippen LogP contribution >= 0.6 is 11.3 Å². The molecule has 116 valence electrons. The molecule has 0 fully saturated rings. The van der Waals surface area contributed by atoms with E-state index in [1.807, 2.05) is 45.0 Å². The second-order valence-electron chi connectivity index (χ2n) is 5.02. The number of amides is 2. The van der Waals surface area contributed by atoms with Crippen LogP contribution in [0.3, 0.4) is 0 Å². The molecule has 0 spiro atoms. The summed E-state index contributed by atoms with van der Waals surface area (Å²) in [5, 5.41) is 0. The molecule has 22 heavy (non-hydrogen) atoms. The van der Waals surface area contributed by atoms with Crippen LogP contribution in [0.25, 0.3) is 0 Å². The molecular formula is C16H18N2O3S. The summed E-state index contributed by atoms with van der Waals surface area (Å²) in [5.74, 6) is -0.119. The lowest BCUT2D eigenvalue weighted by atomic mass is 10.1. The van der Waals surface area contributed by atoms with Gasteiger partial charge in [0.05, 0.1) is 4.88 Å². The van der Waals surface area contributed by atoms with Crippen molar-refractivity contribution in [2.75, 3.05) is 6.61 Å². The van der Waals surface area contributed by atoms with Crippen molar-refractivity contribution in [3.63, 3.8) is 0 Å². The van der Waals surface area contributed by atoms with Gasteiger partial charge in [-0.05, 0) is 56.2 Å². The van der Waals surface area contributed by atoms with Crippen molar-refractivity contribution in [2.45, 2.75) is 20.8 Å². The molecule has 0 radical (unpaired) electrons. The van der Waals surface area contributed by atoms with Crippen LogP contribution in [0.2, 0.25) is 0 Å². The SMILES string of the molecule is Cc1cc(C)cc(OCC(=O)NNC(=O)c2ccc(C)s2)c1. The highest BCUT2D eigenvalue weighted by Crippen LogP contribution is 2.16. The van der Waals surface area contributed by atoms with Crippen molar-refractivity contribution in [3.05, 3.63) is 51.2 Å². The fourth-order valence-electron chi connectivity index (χ4n) is 1.95. The Morgan fingerprint density at radius 2 is 1.73 bits per heavy atom. The molecule has 2 rings (SSSR count). The first kappa shape index (κ1) is 16.0. The molecule has 0 aliphatic carbocycles. The van der Waals surface area contributed by atoms with Gasteiger partial charge in [0.15, 0.2) is 6.61 Å². The minimum Gasteiger partial charge on any atom is -0.484 e. The largest absolute Gasteiger partial charge is 0.484 e. The van der Waals surface area contributed by atoms with E-state index in [2.05, 4.69) is 10.9 Å². The van der Waals surface area contributed by atoms with Gasteiger partial charge >= 0.3 is 0 Å². The molecule has 1 aromatic heterocycles. The maximum Gasteiger partial charge on any atom is 0.279 e. The van der Waals surface area contributed by atoms with Crippen molar-refractivity contribution >= 4 is 23.2 Å². The highest BCUT2D eigenvalue weighted by molar-refractivity contribution is 7.13. The Morgan fingerprint density at radius 3 is 2.32 bits per heavy atom. The molecule has 0 atom stereocenters. The molecule has 0 aliphatic heterocycles. The monoisotopic (exact) mass is 318 g/mol. The summed E-state index contributed by atoms with van der Waals surface area (Å²) < 4.78 is 5.41. The van der Waals surface area contributed by atoms with Gasteiger partial charge in [-0.3, -0.25) is 20.4 Å². The third-order valence-electron chi connectivity index (χ3n) is 2.84. The van der Waals surface area contributed by atoms with E-state index in [9.17, 15) is 9.59 Å². The van der Waals surface area contributed by atoms with Crippen LogP contribution in [0, 0.1) is 20.8 Å². The van der Waals surface area contributed by atoms with E-state index in [1.165, 1.54) is 11.3 Å². The second kappa shape index (κ2) is 7.09. The summed E-state index contributed by atoms with van der Waals surface area (Å²) in [5.41, 5.74) is 6.83. The summed E-state index contributed by atoms with van der Waals surface area (Å²) in [4.78, 5) is 25.0. The Hall–Kier alpha value is -2.34. The quantitative estimate of drug-likeness (QED) is 0.851. The molecule has 1 aromatic carbocycles. The number of hydrogen-bond donors (Lipinski definition) is 2. The maximum absolute atomic E-state index is 11.8. The van der Waals surface area contributed by atoms with Crippen LogP contribution in [0.4, 0.5) is 0 Å². The predicted molar refractivity (Wildman–Crippen MR) is 86.1 cm³/mol. The topological polar surface area (TPSA) is 67.4 Å². The lowest BCUT2D eigenvalue weighted by molar-refractivity contribution is -0.123. The van der Waals surface area contributed by atoms with Crippen LogP contribution in [-0.4, -0.2) is 18.4 Å². The molecule has 2 N–H and O–H groups in total. The van der Waals surface area contributed by atoms with E-state index in [1.54, 1.807) is 6.07 Å². The number of hydrazine groups is 1. The minimum atomic E-state index is -0.416. The Labute approximate surface area is 133 Å².